The van der Waals surface area contributed by atoms with Crippen LogP contribution in [0.2, 0.25) is 0 Å². The van der Waals surface area contributed by atoms with Crippen LogP contribution >= 0.6 is 0 Å². The number of rotatable bonds is 6. The molecule has 0 aromatic carbocycles. The molecule has 1 aliphatic rings. The van der Waals surface area contributed by atoms with E-state index in [2.05, 4.69) is 24.2 Å². The molecular weight excluding hydrogens is 204 g/mol. The third-order valence-corrected chi connectivity index (χ3v) is 3.60. The number of hydrogen-bond acceptors (Lipinski definition) is 4. The van der Waals surface area contributed by atoms with Crippen molar-refractivity contribution in [2.24, 2.45) is 11.8 Å². The molecule has 1 N–H and O–H groups in total. The van der Waals surface area contributed by atoms with Gasteiger partial charge in [-0.05, 0) is 39.3 Å². The average Bonchev–Trinajstić information content (AvgIpc) is 2.92. The predicted molar refractivity (Wildman–Crippen MR) is 64.2 cm³/mol. The number of nitrogens with zero attached hydrogens (tertiary/aromatic N) is 1. The summed E-state index contributed by atoms with van der Waals surface area (Å²) in [5, 5.41) is 3.05. The molecule has 0 aliphatic heterocycles. The van der Waals surface area contributed by atoms with Gasteiger partial charge in [0.1, 0.15) is 5.54 Å². The predicted octanol–water partition coefficient (Wildman–Crippen LogP) is 0.725. The molecule has 0 saturated heterocycles. The molecule has 1 saturated carbocycles. The van der Waals surface area contributed by atoms with Crippen LogP contribution < -0.4 is 5.32 Å². The lowest BCUT2D eigenvalue weighted by Crippen LogP contribution is -2.55. The SMILES string of the molecule is CNC(C)(CN(C)CC1CC1C)C(=O)OC. The number of carbonyl (C=O) groups excluding carboxylic acids is 1. The fraction of sp³-hybridized carbons (Fsp3) is 0.917. The van der Waals surface area contributed by atoms with Crippen LogP contribution in [-0.4, -0.2) is 50.7 Å². The second-order valence-electron chi connectivity index (χ2n) is 5.24. The van der Waals surface area contributed by atoms with Gasteiger partial charge in [-0.1, -0.05) is 6.92 Å². The van der Waals surface area contributed by atoms with Gasteiger partial charge in [-0.25, -0.2) is 0 Å². The minimum Gasteiger partial charge on any atom is -0.468 e. The Kier molecular flexibility index (Phi) is 4.33. The number of esters is 1. The summed E-state index contributed by atoms with van der Waals surface area (Å²) in [4.78, 5) is 13.9. The molecular formula is C12H24N2O2. The highest BCUT2D eigenvalue weighted by Gasteiger charge is 2.37. The zero-order valence-electron chi connectivity index (χ0n) is 11.0. The molecule has 0 bridgehead atoms. The smallest absolute Gasteiger partial charge is 0.327 e. The maximum Gasteiger partial charge on any atom is 0.327 e. The van der Waals surface area contributed by atoms with E-state index in [1.54, 1.807) is 7.05 Å². The van der Waals surface area contributed by atoms with Gasteiger partial charge in [0.05, 0.1) is 7.11 Å². The number of hydrogen-bond donors (Lipinski definition) is 1. The first-order valence-corrected chi connectivity index (χ1v) is 5.89. The Bertz CT molecular complexity index is 257. The highest BCUT2D eigenvalue weighted by Crippen LogP contribution is 2.38. The Balaban J connectivity index is 2.45. The van der Waals surface area contributed by atoms with Crippen LogP contribution in [0.4, 0.5) is 0 Å². The van der Waals surface area contributed by atoms with Crippen LogP contribution in [0.1, 0.15) is 20.3 Å². The van der Waals surface area contributed by atoms with E-state index in [4.69, 9.17) is 4.74 Å². The van der Waals surface area contributed by atoms with E-state index in [1.165, 1.54) is 13.5 Å². The number of carbonyl (C=O) groups is 1. The molecule has 0 heterocycles. The molecule has 1 rings (SSSR count). The molecule has 4 heteroatoms. The molecule has 0 aromatic heterocycles. The fourth-order valence-corrected chi connectivity index (χ4v) is 2.13. The number of methoxy groups -OCH3 is 1. The zero-order valence-corrected chi connectivity index (χ0v) is 11.0. The number of nitrogens with one attached hydrogen (secondary N) is 1. The summed E-state index contributed by atoms with van der Waals surface area (Å²) >= 11 is 0. The minimum absolute atomic E-state index is 0.203. The summed E-state index contributed by atoms with van der Waals surface area (Å²) in [5.74, 6) is 1.45. The van der Waals surface area contributed by atoms with Gasteiger partial charge >= 0.3 is 5.97 Å². The lowest BCUT2D eigenvalue weighted by molar-refractivity contribution is -0.148. The summed E-state index contributed by atoms with van der Waals surface area (Å²) in [5.41, 5.74) is -0.609. The standard InChI is InChI=1S/C12H24N2O2/c1-9-6-10(9)7-14(4)8-12(2,13-3)11(15)16-5/h9-10,13H,6-8H2,1-5H3. The molecule has 0 amide bonds. The zero-order chi connectivity index (χ0) is 12.3. The molecule has 16 heavy (non-hydrogen) atoms. The molecule has 1 fully saturated rings. The fourth-order valence-electron chi connectivity index (χ4n) is 2.13. The van der Waals surface area contributed by atoms with Crippen molar-refractivity contribution < 1.29 is 9.53 Å². The van der Waals surface area contributed by atoms with Gasteiger partial charge < -0.3 is 15.0 Å². The number of ether oxygens (including phenoxy) is 1. The third kappa shape index (κ3) is 3.19. The van der Waals surface area contributed by atoms with Crippen LogP contribution in [0.25, 0.3) is 0 Å². The highest BCUT2D eigenvalue weighted by atomic mass is 16.5. The largest absolute Gasteiger partial charge is 0.468 e. The van der Waals surface area contributed by atoms with E-state index >= 15 is 0 Å². The van der Waals surface area contributed by atoms with E-state index in [0.717, 1.165) is 18.4 Å². The highest BCUT2D eigenvalue weighted by molar-refractivity contribution is 5.80. The first-order valence-electron chi connectivity index (χ1n) is 5.89. The van der Waals surface area contributed by atoms with Crippen LogP contribution in [0.3, 0.4) is 0 Å². The molecule has 3 atom stereocenters. The Morgan fingerprint density at radius 2 is 2.19 bits per heavy atom. The second-order valence-corrected chi connectivity index (χ2v) is 5.24. The van der Waals surface area contributed by atoms with Crippen molar-refractivity contribution in [1.29, 1.82) is 0 Å². The van der Waals surface area contributed by atoms with Crippen molar-refractivity contribution in [2.45, 2.75) is 25.8 Å². The Hall–Kier alpha value is -0.610. The molecule has 4 nitrogen and oxygen atoms in total. The maximum absolute atomic E-state index is 11.7. The Morgan fingerprint density at radius 1 is 1.62 bits per heavy atom. The van der Waals surface area contributed by atoms with Gasteiger partial charge in [-0.3, -0.25) is 4.79 Å². The summed E-state index contributed by atoms with van der Waals surface area (Å²) in [6.07, 6.45) is 1.32. The number of likely N-dealkylation sites (N-methyl/N-ethyl adjacent to an activating group) is 2. The molecule has 94 valence electrons. The van der Waals surface area contributed by atoms with E-state index in [1.807, 2.05) is 6.92 Å². The van der Waals surface area contributed by atoms with E-state index in [-0.39, 0.29) is 5.97 Å². The molecule has 0 aromatic rings. The van der Waals surface area contributed by atoms with Crippen molar-refractivity contribution in [3.8, 4) is 0 Å². The topological polar surface area (TPSA) is 41.6 Å². The van der Waals surface area contributed by atoms with Crippen LogP contribution in [0.5, 0.6) is 0 Å². The van der Waals surface area contributed by atoms with E-state index < -0.39 is 5.54 Å². The van der Waals surface area contributed by atoms with Gasteiger partial charge in [0.15, 0.2) is 0 Å². The normalized spacial score (nSPS) is 27.6. The lowest BCUT2D eigenvalue weighted by atomic mass is 10.0. The molecule has 0 spiro atoms. The van der Waals surface area contributed by atoms with Crippen molar-refractivity contribution in [2.75, 3.05) is 34.3 Å². The first-order chi connectivity index (χ1) is 7.42. The molecule has 3 unspecified atom stereocenters. The van der Waals surface area contributed by atoms with Gasteiger partial charge in [-0.15, -0.1) is 0 Å². The van der Waals surface area contributed by atoms with E-state index in [0.29, 0.717) is 6.54 Å². The summed E-state index contributed by atoms with van der Waals surface area (Å²) in [7, 11) is 5.29. The molecule has 0 radical (unpaired) electrons. The van der Waals surface area contributed by atoms with Gasteiger partial charge in [-0.2, -0.15) is 0 Å². The van der Waals surface area contributed by atoms with Crippen molar-refractivity contribution in [3.05, 3.63) is 0 Å². The van der Waals surface area contributed by atoms with Crippen LogP contribution in [0, 0.1) is 11.8 Å². The maximum atomic E-state index is 11.7. The summed E-state index contributed by atoms with van der Waals surface area (Å²) < 4.78 is 4.82. The minimum atomic E-state index is -0.609. The Labute approximate surface area is 98.3 Å². The summed E-state index contributed by atoms with van der Waals surface area (Å²) in [6.45, 7) is 5.90. The summed E-state index contributed by atoms with van der Waals surface area (Å²) in [6, 6.07) is 0. The van der Waals surface area contributed by atoms with Crippen LogP contribution in [-0.2, 0) is 9.53 Å². The lowest BCUT2D eigenvalue weighted by Gasteiger charge is -2.31. The monoisotopic (exact) mass is 228 g/mol. The van der Waals surface area contributed by atoms with E-state index in [9.17, 15) is 4.79 Å². The molecule has 1 aliphatic carbocycles. The second kappa shape index (κ2) is 5.15. The van der Waals surface area contributed by atoms with Crippen molar-refractivity contribution >= 4 is 5.97 Å². The van der Waals surface area contributed by atoms with Crippen molar-refractivity contribution in [1.82, 2.24) is 10.2 Å². The average molecular weight is 228 g/mol. The van der Waals surface area contributed by atoms with Gasteiger partial charge in [0.2, 0.25) is 0 Å². The third-order valence-electron chi connectivity index (χ3n) is 3.60. The van der Waals surface area contributed by atoms with Crippen LogP contribution in [0.15, 0.2) is 0 Å². The quantitative estimate of drug-likeness (QED) is 0.680. The first kappa shape index (κ1) is 13.5. The van der Waals surface area contributed by atoms with Gasteiger partial charge in [0.25, 0.3) is 0 Å². The Morgan fingerprint density at radius 3 is 2.56 bits per heavy atom. The van der Waals surface area contributed by atoms with Crippen molar-refractivity contribution in [3.63, 3.8) is 0 Å². The van der Waals surface area contributed by atoms with Gasteiger partial charge in [0, 0.05) is 13.1 Å².